The predicted octanol–water partition coefficient (Wildman–Crippen LogP) is 3.39. The third-order valence-electron chi connectivity index (χ3n) is 4.73. The minimum absolute atomic E-state index is 0.0790. The number of ketones is 1. The second-order valence-corrected chi connectivity index (χ2v) is 7.66. The number of carbonyl (C=O) groups is 1. The van der Waals surface area contributed by atoms with E-state index in [9.17, 15) is 20.2 Å². The van der Waals surface area contributed by atoms with E-state index in [1.807, 2.05) is 13.8 Å². The lowest BCUT2D eigenvalue weighted by atomic mass is 9.67. The van der Waals surface area contributed by atoms with Gasteiger partial charge < -0.3 is 5.32 Å². The number of nitriles is 1. The zero-order valence-electron chi connectivity index (χ0n) is 13.9. The lowest BCUT2D eigenvalue weighted by Crippen LogP contribution is -2.44. The van der Waals surface area contributed by atoms with Crippen LogP contribution in [0.1, 0.15) is 38.2 Å². The number of benzene rings is 1. The van der Waals surface area contributed by atoms with Crippen molar-refractivity contribution in [1.82, 2.24) is 5.32 Å². The first-order valence-electron chi connectivity index (χ1n) is 7.95. The second-order valence-electron chi connectivity index (χ2n) is 7.22. The highest BCUT2D eigenvalue weighted by atomic mass is 32.1. The number of nitrogens with one attached hydrogen (secondary N) is 1. The average molecular weight is 355 g/mol. The van der Waals surface area contributed by atoms with Gasteiger partial charge in [-0.1, -0.05) is 44.3 Å². The highest BCUT2D eigenvalue weighted by Crippen LogP contribution is 2.47. The number of thiocarbonyl (C=S) groups is 1. The quantitative estimate of drug-likeness (QED) is 0.496. The molecular formula is C18H17N3O3S. The topological polar surface area (TPSA) is 96.0 Å². The summed E-state index contributed by atoms with van der Waals surface area (Å²) < 4.78 is 0. The fourth-order valence-electron chi connectivity index (χ4n) is 3.74. The van der Waals surface area contributed by atoms with Gasteiger partial charge in [-0.15, -0.1) is 0 Å². The summed E-state index contributed by atoms with van der Waals surface area (Å²) in [5.41, 5.74) is 1.21. The molecule has 2 atom stereocenters. The van der Waals surface area contributed by atoms with Crippen LogP contribution in [0.5, 0.6) is 0 Å². The maximum atomic E-state index is 12.9. The highest BCUT2D eigenvalue weighted by Gasteiger charge is 2.46. The standard InChI is InChI=1S/C18H17N3O3S/c1-18(2)7-12-16(14(22)8-18)15(11(9-19)17(25)20-12)10-5-3-4-6-13(10)21(23)24/h3-6,11,15H,7-8H2,1-2H3,(H,20,25)/t11-,15-/m0/s1. The number of hydrogen-bond acceptors (Lipinski definition) is 5. The monoisotopic (exact) mass is 355 g/mol. The van der Waals surface area contributed by atoms with Gasteiger partial charge in [0.05, 0.1) is 16.0 Å². The van der Waals surface area contributed by atoms with Crippen molar-refractivity contribution < 1.29 is 9.72 Å². The first kappa shape index (κ1) is 17.2. The molecule has 0 fully saturated rings. The van der Waals surface area contributed by atoms with Gasteiger partial charge in [0, 0.05) is 35.2 Å². The summed E-state index contributed by atoms with van der Waals surface area (Å²) in [5, 5.41) is 24.1. The molecular weight excluding hydrogens is 338 g/mol. The minimum atomic E-state index is -0.806. The molecule has 0 saturated carbocycles. The van der Waals surface area contributed by atoms with Crippen LogP contribution in [0, 0.1) is 32.8 Å². The Morgan fingerprint density at radius 3 is 2.68 bits per heavy atom. The highest BCUT2D eigenvalue weighted by molar-refractivity contribution is 7.80. The third-order valence-corrected chi connectivity index (χ3v) is 5.08. The molecule has 1 heterocycles. The van der Waals surface area contributed by atoms with Gasteiger partial charge in [0.25, 0.3) is 5.69 Å². The Labute approximate surface area is 150 Å². The molecule has 7 heteroatoms. The van der Waals surface area contributed by atoms with Crippen LogP contribution in [-0.2, 0) is 4.79 Å². The Balaban J connectivity index is 2.25. The molecule has 128 valence electrons. The molecule has 0 spiro atoms. The lowest BCUT2D eigenvalue weighted by Gasteiger charge is -2.40. The zero-order valence-corrected chi connectivity index (χ0v) is 14.7. The summed E-state index contributed by atoms with van der Waals surface area (Å²) in [6.07, 6.45) is 0.957. The van der Waals surface area contributed by atoms with Crippen LogP contribution >= 0.6 is 12.2 Å². The van der Waals surface area contributed by atoms with Crippen molar-refractivity contribution >= 4 is 28.7 Å². The van der Waals surface area contributed by atoms with Crippen molar-refractivity contribution in [2.75, 3.05) is 0 Å². The molecule has 0 saturated heterocycles. The van der Waals surface area contributed by atoms with E-state index in [1.165, 1.54) is 6.07 Å². The first-order chi connectivity index (χ1) is 11.7. The van der Waals surface area contributed by atoms with Gasteiger partial charge in [0.15, 0.2) is 5.78 Å². The van der Waals surface area contributed by atoms with E-state index in [-0.39, 0.29) is 16.9 Å². The molecule has 2 aliphatic rings. The largest absolute Gasteiger partial charge is 0.352 e. The summed E-state index contributed by atoms with van der Waals surface area (Å²) in [5.74, 6) is -1.59. The molecule has 0 radical (unpaired) electrons. The first-order valence-corrected chi connectivity index (χ1v) is 8.36. The minimum Gasteiger partial charge on any atom is -0.352 e. The van der Waals surface area contributed by atoms with Gasteiger partial charge in [-0.3, -0.25) is 14.9 Å². The van der Waals surface area contributed by atoms with Crippen LogP contribution in [-0.4, -0.2) is 15.7 Å². The van der Waals surface area contributed by atoms with E-state index in [4.69, 9.17) is 12.2 Å². The van der Waals surface area contributed by atoms with Crippen LogP contribution in [0.25, 0.3) is 0 Å². The molecule has 1 N–H and O–H groups in total. The van der Waals surface area contributed by atoms with E-state index in [1.54, 1.807) is 18.2 Å². The Hall–Kier alpha value is -2.59. The molecule has 1 aliphatic carbocycles. The fourth-order valence-corrected chi connectivity index (χ4v) is 4.05. The molecule has 3 rings (SSSR count). The summed E-state index contributed by atoms with van der Waals surface area (Å²) >= 11 is 5.35. The van der Waals surface area contributed by atoms with Gasteiger partial charge in [0.2, 0.25) is 0 Å². The van der Waals surface area contributed by atoms with Gasteiger partial charge in [-0.05, 0) is 11.8 Å². The van der Waals surface area contributed by atoms with Gasteiger partial charge in [-0.2, -0.15) is 5.26 Å². The number of para-hydroxylation sites is 1. The summed E-state index contributed by atoms with van der Waals surface area (Å²) in [6, 6.07) is 8.39. The second kappa shape index (κ2) is 6.05. The molecule has 0 amide bonds. The number of nitro benzene ring substituents is 1. The SMILES string of the molecule is CC1(C)CC(=O)C2=C(C1)NC(=S)[C@@H](C#N)[C@@H]2c1ccccc1[N+](=O)[O-]. The van der Waals surface area contributed by atoms with Crippen molar-refractivity contribution in [2.24, 2.45) is 11.3 Å². The van der Waals surface area contributed by atoms with Crippen LogP contribution in [0.4, 0.5) is 5.69 Å². The molecule has 1 aromatic rings. The molecule has 6 nitrogen and oxygen atoms in total. The van der Waals surface area contributed by atoms with E-state index in [0.29, 0.717) is 34.7 Å². The van der Waals surface area contributed by atoms with Crippen LogP contribution < -0.4 is 5.32 Å². The van der Waals surface area contributed by atoms with Crippen LogP contribution in [0.2, 0.25) is 0 Å². The van der Waals surface area contributed by atoms with E-state index >= 15 is 0 Å². The smallest absolute Gasteiger partial charge is 0.273 e. The Morgan fingerprint density at radius 1 is 1.36 bits per heavy atom. The van der Waals surface area contributed by atoms with Gasteiger partial charge in [-0.25, -0.2) is 0 Å². The van der Waals surface area contributed by atoms with E-state index in [2.05, 4.69) is 11.4 Å². The van der Waals surface area contributed by atoms with Crippen molar-refractivity contribution in [1.29, 1.82) is 5.26 Å². The van der Waals surface area contributed by atoms with Crippen LogP contribution in [0.3, 0.4) is 0 Å². The van der Waals surface area contributed by atoms with Crippen LogP contribution in [0.15, 0.2) is 35.5 Å². The van der Waals surface area contributed by atoms with Crippen molar-refractivity contribution in [3.05, 3.63) is 51.2 Å². The number of carbonyl (C=O) groups excluding carboxylic acids is 1. The zero-order chi connectivity index (χ0) is 18.4. The Morgan fingerprint density at radius 2 is 2.04 bits per heavy atom. The maximum absolute atomic E-state index is 12.9. The number of allylic oxidation sites excluding steroid dienone is 2. The molecule has 0 aromatic heterocycles. The summed E-state index contributed by atoms with van der Waals surface area (Å²) in [4.78, 5) is 24.2. The summed E-state index contributed by atoms with van der Waals surface area (Å²) in [7, 11) is 0. The number of nitro groups is 1. The van der Waals surface area contributed by atoms with Gasteiger partial charge >= 0.3 is 0 Å². The fraction of sp³-hybridized carbons (Fsp3) is 0.389. The Bertz CT molecular complexity index is 867. The van der Waals surface area contributed by atoms with E-state index in [0.717, 1.165) is 0 Å². The van der Waals surface area contributed by atoms with Crippen molar-refractivity contribution in [3.63, 3.8) is 0 Å². The number of rotatable bonds is 2. The molecule has 1 aromatic carbocycles. The molecule has 25 heavy (non-hydrogen) atoms. The van der Waals surface area contributed by atoms with Crippen molar-refractivity contribution in [2.45, 2.75) is 32.6 Å². The van der Waals surface area contributed by atoms with E-state index < -0.39 is 16.8 Å². The normalized spacial score (nSPS) is 25.0. The average Bonchev–Trinajstić information content (AvgIpc) is 2.52. The number of nitrogens with zero attached hydrogens (tertiary/aromatic N) is 2. The molecule has 1 aliphatic heterocycles. The number of hydrogen-bond donors (Lipinski definition) is 1. The predicted molar refractivity (Wildman–Crippen MR) is 95.7 cm³/mol. The summed E-state index contributed by atoms with van der Waals surface area (Å²) in [6.45, 7) is 3.99. The maximum Gasteiger partial charge on any atom is 0.273 e. The van der Waals surface area contributed by atoms with Gasteiger partial charge in [0.1, 0.15) is 5.92 Å². The Kier molecular flexibility index (Phi) is 4.17. The third kappa shape index (κ3) is 2.94. The number of Topliss-reactive ketones (excluding diaryl/α,β-unsaturated/α-hetero) is 1. The van der Waals surface area contributed by atoms with Crippen molar-refractivity contribution in [3.8, 4) is 6.07 Å². The lowest BCUT2D eigenvalue weighted by molar-refractivity contribution is -0.385. The molecule has 0 unspecified atom stereocenters. The molecule has 0 bridgehead atoms.